The number of nitrogens with one attached hydrogen (secondary N) is 1. The minimum atomic E-state index is -0.0639. The molecule has 4 saturated carbocycles. The first kappa shape index (κ1) is 21.2. The summed E-state index contributed by atoms with van der Waals surface area (Å²) in [4.78, 5) is 15.0. The Labute approximate surface area is 182 Å². The molecule has 0 bridgehead atoms. The molecule has 2 N–H and O–H groups in total. The zero-order valence-electron chi connectivity index (χ0n) is 19.1. The van der Waals surface area contributed by atoms with E-state index in [0.29, 0.717) is 18.0 Å². The highest BCUT2D eigenvalue weighted by molar-refractivity contribution is 5.78. The standard InChI is InChI=1S/C25H42N2O3/c1-24-9-7-18(28)15-17(24)3-4-19-20-5-6-22(25(20,2)10-8-21(19)24)26-23(29)16-27-11-13-30-14-12-27/h17-22,28H,3-16H2,1-2H3,(H,26,29)/t17-,18+,19+,20+,21-,22-,24-,25-/m0/s1. The number of rotatable bonds is 3. The van der Waals surface area contributed by atoms with E-state index in [-0.39, 0.29) is 17.4 Å². The van der Waals surface area contributed by atoms with Crippen molar-refractivity contribution in [3.05, 3.63) is 0 Å². The van der Waals surface area contributed by atoms with Gasteiger partial charge in [0.25, 0.3) is 0 Å². The van der Waals surface area contributed by atoms with Crippen LogP contribution in [0.1, 0.15) is 71.6 Å². The summed E-state index contributed by atoms with van der Waals surface area (Å²) in [5.74, 6) is 3.33. The molecule has 0 aromatic carbocycles. The predicted octanol–water partition coefficient (Wildman–Crippen LogP) is 3.21. The van der Waals surface area contributed by atoms with E-state index < -0.39 is 0 Å². The van der Waals surface area contributed by atoms with Crippen molar-refractivity contribution in [1.82, 2.24) is 10.2 Å². The summed E-state index contributed by atoms with van der Waals surface area (Å²) in [7, 11) is 0. The summed E-state index contributed by atoms with van der Waals surface area (Å²) in [6, 6.07) is 0.343. The van der Waals surface area contributed by atoms with Crippen molar-refractivity contribution in [2.24, 2.45) is 34.5 Å². The Morgan fingerprint density at radius 1 is 1.00 bits per heavy atom. The molecule has 170 valence electrons. The van der Waals surface area contributed by atoms with Crippen LogP contribution in [-0.4, -0.2) is 60.9 Å². The lowest BCUT2D eigenvalue weighted by atomic mass is 9.45. The van der Waals surface area contributed by atoms with E-state index in [4.69, 9.17) is 4.74 Å². The van der Waals surface area contributed by atoms with E-state index in [9.17, 15) is 9.90 Å². The van der Waals surface area contributed by atoms with E-state index in [1.54, 1.807) is 0 Å². The third-order valence-corrected chi connectivity index (χ3v) is 10.4. The monoisotopic (exact) mass is 418 g/mol. The van der Waals surface area contributed by atoms with Crippen LogP contribution in [0.25, 0.3) is 0 Å². The number of aliphatic hydroxyl groups excluding tert-OH is 1. The summed E-state index contributed by atoms with van der Waals surface area (Å²) in [5, 5.41) is 13.7. The molecule has 5 nitrogen and oxygen atoms in total. The molecule has 0 spiro atoms. The predicted molar refractivity (Wildman–Crippen MR) is 117 cm³/mol. The molecule has 0 radical (unpaired) electrons. The van der Waals surface area contributed by atoms with Gasteiger partial charge in [0.15, 0.2) is 0 Å². The van der Waals surface area contributed by atoms with E-state index in [2.05, 4.69) is 24.1 Å². The lowest BCUT2D eigenvalue weighted by molar-refractivity contribution is -0.131. The van der Waals surface area contributed by atoms with Crippen LogP contribution in [0.3, 0.4) is 0 Å². The molecule has 5 fully saturated rings. The molecule has 0 aromatic heterocycles. The van der Waals surface area contributed by atoms with Crippen LogP contribution >= 0.6 is 0 Å². The zero-order chi connectivity index (χ0) is 20.9. The molecule has 1 amide bonds. The maximum Gasteiger partial charge on any atom is 0.234 e. The number of nitrogens with zero attached hydrogens (tertiary/aromatic N) is 1. The number of amides is 1. The number of carbonyl (C=O) groups excluding carboxylic acids is 1. The number of hydrogen-bond acceptors (Lipinski definition) is 4. The maximum absolute atomic E-state index is 12.8. The number of fused-ring (bicyclic) bond motifs is 5. The van der Waals surface area contributed by atoms with Crippen molar-refractivity contribution in [1.29, 1.82) is 0 Å². The second kappa shape index (κ2) is 8.04. The first-order valence-electron chi connectivity index (χ1n) is 12.7. The highest BCUT2D eigenvalue weighted by atomic mass is 16.5. The van der Waals surface area contributed by atoms with E-state index in [1.807, 2.05) is 0 Å². The van der Waals surface area contributed by atoms with E-state index >= 15 is 0 Å². The molecule has 5 rings (SSSR count). The lowest BCUT2D eigenvalue weighted by Gasteiger charge is -2.61. The fraction of sp³-hybridized carbons (Fsp3) is 0.960. The highest BCUT2D eigenvalue weighted by Crippen LogP contribution is 2.66. The van der Waals surface area contributed by atoms with Gasteiger partial charge in [-0.1, -0.05) is 13.8 Å². The first-order chi connectivity index (χ1) is 14.4. The Kier molecular flexibility index (Phi) is 5.69. The molecule has 30 heavy (non-hydrogen) atoms. The van der Waals surface area contributed by atoms with Crippen LogP contribution in [0.5, 0.6) is 0 Å². The van der Waals surface area contributed by atoms with Crippen molar-refractivity contribution in [3.8, 4) is 0 Å². The zero-order valence-corrected chi connectivity index (χ0v) is 19.1. The van der Waals surface area contributed by atoms with Crippen molar-refractivity contribution < 1.29 is 14.6 Å². The molecule has 1 saturated heterocycles. The number of hydrogen-bond donors (Lipinski definition) is 2. The lowest BCUT2D eigenvalue weighted by Crippen LogP contribution is -2.56. The number of aliphatic hydroxyl groups is 1. The topological polar surface area (TPSA) is 61.8 Å². The van der Waals surface area contributed by atoms with Crippen LogP contribution in [-0.2, 0) is 9.53 Å². The Hall–Kier alpha value is -0.650. The summed E-state index contributed by atoms with van der Waals surface area (Å²) in [5.41, 5.74) is 0.695. The molecule has 1 heterocycles. The summed E-state index contributed by atoms with van der Waals surface area (Å²) in [6.07, 6.45) is 10.8. The van der Waals surface area contributed by atoms with Gasteiger partial charge in [-0.3, -0.25) is 9.69 Å². The maximum atomic E-state index is 12.8. The molecule has 1 aliphatic heterocycles. The molecular weight excluding hydrogens is 376 g/mol. The van der Waals surface area contributed by atoms with Gasteiger partial charge < -0.3 is 15.2 Å². The third kappa shape index (κ3) is 3.53. The fourth-order valence-electron chi connectivity index (χ4n) is 8.67. The van der Waals surface area contributed by atoms with Gasteiger partial charge >= 0.3 is 0 Å². The summed E-state index contributed by atoms with van der Waals surface area (Å²) >= 11 is 0. The quantitative estimate of drug-likeness (QED) is 0.739. The first-order valence-corrected chi connectivity index (χ1v) is 12.7. The number of morpholine rings is 1. The average Bonchev–Trinajstić information content (AvgIpc) is 3.05. The summed E-state index contributed by atoms with van der Waals surface area (Å²) in [6.45, 7) is 8.80. The highest BCUT2D eigenvalue weighted by Gasteiger charge is 2.60. The second-order valence-electron chi connectivity index (χ2n) is 11.7. The van der Waals surface area contributed by atoms with Gasteiger partial charge in [-0.05, 0) is 92.3 Å². The Bertz CT molecular complexity index is 650. The van der Waals surface area contributed by atoms with Crippen LogP contribution in [0.15, 0.2) is 0 Å². The Balaban J connectivity index is 1.25. The Morgan fingerprint density at radius 3 is 2.53 bits per heavy atom. The molecule has 5 heteroatoms. The molecule has 5 aliphatic rings. The van der Waals surface area contributed by atoms with E-state index in [0.717, 1.165) is 69.2 Å². The number of ether oxygens (including phenoxy) is 1. The normalized spacial score (nSPS) is 49.0. The van der Waals surface area contributed by atoms with E-state index in [1.165, 1.54) is 38.5 Å². The van der Waals surface area contributed by atoms with Crippen LogP contribution in [0.4, 0.5) is 0 Å². The fourth-order valence-corrected chi connectivity index (χ4v) is 8.67. The van der Waals surface area contributed by atoms with Crippen molar-refractivity contribution >= 4 is 5.91 Å². The SMILES string of the molecule is C[C@]12CC[C@@H](O)C[C@@H]1CC[C@@H]1[C@H]3CC[C@H](NC(=O)CN4CCOCC4)[C@@]3(C)CC[C@@H]12. The number of carbonyl (C=O) groups is 1. The average molecular weight is 419 g/mol. The van der Waals surface area contributed by atoms with Gasteiger partial charge in [0.2, 0.25) is 5.91 Å². The van der Waals surface area contributed by atoms with Gasteiger partial charge in [-0.15, -0.1) is 0 Å². The van der Waals surface area contributed by atoms with Crippen LogP contribution in [0, 0.1) is 34.5 Å². The van der Waals surface area contributed by atoms with Gasteiger partial charge in [0.1, 0.15) is 0 Å². The van der Waals surface area contributed by atoms with Crippen molar-refractivity contribution in [2.75, 3.05) is 32.8 Å². The van der Waals surface area contributed by atoms with Crippen molar-refractivity contribution in [3.63, 3.8) is 0 Å². The van der Waals surface area contributed by atoms with Crippen molar-refractivity contribution in [2.45, 2.75) is 83.8 Å². The van der Waals surface area contributed by atoms with Gasteiger partial charge in [-0.25, -0.2) is 0 Å². The molecule has 0 unspecified atom stereocenters. The molecule has 0 aromatic rings. The van der Waals surface area contributed by atoms with Gasteiger partial charge in [-0.2, -0.15) is 0 Å². The van der Waals surface area contributed by atoms with Crippen LogP contribution in [0.2, 0.25) is 0 Å². The third-order valence-electron chi connectivity index (χ3n) is 10.4. The second-order valence-corrected chi connectivity index (χ2v) is 11.7. The summed E-state index contributed by atoms with van der Waals surface area (Å²) < 4.78 is 5.42. The minimum absolute atomic E-state index is 0.0639. The van der Waals surface area contributed by atoms with Gasteiger partial charge in [0, 0.05) is 19.1 Å². The Morgan fingerprint density at radius 2 is 1.73 bits per heavy atom. The minimum Gasteiger partial charge on any atom is -0.393 e. The molecule has 4 aliphatic carbocycles. The molecular formula is C25H42N2O3. The largest absolute Gasteiger partial charge is 0.393 e. The van der Waals surface area contributed by atoms with Crippen LogP contribution < -0.4 is 5.32 Å². The van der Waals surface area contributed by atoms with Gasteiger partial charge in [0.05, 0.1) is 25.9 Å². The smallest absolute Gasteiger partial charge is 0.234 e. The molecule has 8 atom stereocenters.